The summed E-state index contributed by atoms with van der Waals surface area (Å²) in [5.41, 5.74) is 2.36. The molecule has 0 bridgehead atoms. The lowest BCUT2D eigenvalue weighted by Crippen LogP contribution is -2.03. The Hall–Kier alpha value is -0.740. The van der Waals surface area contributed by atoms with Crippen LogP contribution < -0.4 is 0 Å². The molecular formula is C16H22ClFN2S. The van der Waals surface area contributed by atoms with Gasteiger partial charge in [0.15, 0.2) is 0 Å². The van der Waals surface area contributed by atoms with Crippen LogP contribution in [-0.2, 0) is 12.4 Å². The van der Waals surface area contributed by atoms with Crippen LogP contribution in [0.1, 0.15) is 37.1 Å². The van der Waals surface area contributed by atoms with Gasteiger partial charge >= 0.3 is 0 Å². The van der Waals surface area contributed by atoms with E-state index in [9.17, 15) is 4.39 Å². The molecule has 0 aliphatic carbocycles. The highest BCUT2D eigenvalue weighted by atomic mass is 35.5. The molecule has 0 saturated heterocycles. The van der Waals surface area contributed by atoms with Gasteiger partial charge in [-0.1, -0.05) is 12.8 Å². The fourth-order valence-electron chi connectivity index (χ4n) is 2.52. The maximum Gasteiger partial charge on any atom is 0.128 e. The highest BCUT2D eigenvalue weighted by Crippen LogP contribution is 2.22. The van der Waals surface area contributed by atoms with Gasteiger partial charge in [-0.05, 0) is 43.4 Å². The van der Waals surface area contributed by atoms with Crippen molar-refractivity contribution in [2.75, 3.05) is 12.0 Å². The molecule has 1 aromatic heterocycles. The molecule has 2 rings (SSSR count). The van der Waals surface area contributed by atoms with Crippen molar-refractivity contribution in [2.45, 2.75) is 45.0 Å². The molecule has 1 aromatic carbocycles. The molecule has 0 spiro atoms. The highest BCUT2D eigenvalue weighted by Gasteiger charge is 2.12. The lowest BCUT2D eigenvalue weighted by molar-refractivity contribution is 0.582. The van der Waals surface area contributed by atoms with Crippen molar-refractivity contribution in [3.05, 3.63) is 29.3 Å². The van der Waals surface area contributed by atoms with E-state index in [1.807, 2.05) is 17.8 Å². The molecule has 1 heterocycles. The van der Waals surface area contributed by atoms with E-state index in [0.29, 0.717) is 17.0 Å². The number of aromatic nitrogens is 2. The van der Waals surface area contributed by atoms with E-state index >= 15 is 0 Å². The Kier molecular flexibility index (Phi) is 6.37. The molecule has 0 amide bonds. The van der Waals surface area contributed by atoms with Crippen LogP contribution in [0.2, 0.25) is 0 Å². The average Bonchev–Trinajstić information content (AvgIpc) is 2.80. The number of hydrogen-bond acceptors (Lipinski definition) is 2. The second-order valence-corrected chi connectivity index (χ2v) is 6.56. The minimum atomic E-state index is -0.203. The summed E-state index contributed by atoms with van der Waals surface area (Å²) >= 11 is 7.88. The molecule has 0 aliphatic heterocycles. The van der Waals surface area contributed by atoms with E-state index in [1.165, 1.54) is 31.1 Å². The molecule has 21 heavy (non-hydrogen) atoms. The summed E-state index contributed by atoms with van der Waals surface area (Å²) in [4.78, 5) is 4.45. The minimum absolute atomic E-state index is 0.203. The number of thioether (sulfide) groups is 1. The van der Waals surface area contributed by atoms with Gasteiger partial charge in [0.25, 0.3) is 0 Å². The van der Waals surface area contributed by atoms with E-state index in [0.717, 1.165) is 24.3 Å². The van der Waals surface area contributed by atoms with Crippen molar-refractivity contribution in [2.24, 2.45) is 0 Å². The quantitative estimate of drug-likeness (QED) is 0.493. The van der Waals surface area contributed by atoms with Gasteiger partial charge in [0.1, 0.15) is 11.6 Å². The molecule has 0 saturated carbocycles. The molecule has 0 atom stereocenters. The fourth-order valence-corrected chi connectivity index (χ4v) is 3.22. The number of imidazole rings is 1. The van der Waals surface area contributed by atoms with Gasteiger partial charge in [0.2, 0.25) is 0 Å². The van der Waals surface area contributed by atoms with Crippen LogP contribution in [0.25, 0.3) is 11.0 Å². The summed E-state index contributed by atoms with van der Waals surface area (Å²) in [5.74, 6) is 2.23. The van der Waals surface area contributed by atoms with Crippen molar-refractivity contribution in [3.63, 3.8) is 0 Å². The van der Waals surface area contributed by atoms with E-state index in [1.54, 1.807) is 6.92 Å². The summed E-state index contributed by atoms with van der Waals surface area (Å²) in [6, 6.07) is 3.39. The summed E-state index contributed by atoms with van der Waals surface area (Å²) in [7, 11) is 0. The Bertz CT molecular complexity index is 597. The molecule has 0 radical (unpaired) electrons. The molecule has 0 unspecified atom stereocenters. The van der Waals surface area contributed by atoms with E-state index in [4.69, 9.17) is 11.6 Å². The summed E-state index contributed by atoms with van der Waals surface area (Å²) < 4.78 is 15.8. The molecule has 116 valence electrons. The molecule has 0 N–H and O–H groups in total. The lowest BCUT2D eigenvalue weighted by Gasteiger charge is -2.08. The number of rotatable bonds is 8. The zero-order valence-electron chi connectivity index (χ0n) is 12.7. The minimum Gasteiger partial charge on any atom is -0.327 e. The molecule has 2 nitrogen and oxygen atoms in total. The Morgan fingerprint density at radius 2 is 2.00 bits per heavy atom. The molecule has 0 aliphatic rings. The van der Waals surface area contributed by atoms with Crippen LogP contribution in [0.4, 0.5) is 4.39 Å². The van der Waals surface area contributed by atoms with Crippen molar-refractivity contribution >= 4 is 34.4 Å². The van der Waals surface area contributed by atoms with Crippen LogP contribution in [0, 0.1) is 12.7 Å². The third-order valence-corrected chi connectivity index (χ3v) is 4.64. The lowest BCUT2D eigenvalue weighted by atomic mass is 10.2. The number of aryl methyl sites for hydroxylation is 2. The molecule has 5 heteroatoms. The first-order chi connectivity index (χ1) is 10.2. The van der Waals surface area contributed by atoms with Crippen LogP contribution in [0.5, 0.6) is 0 Å². The van der Waals surface area contributed by atoms with Crippen molar-refractivity contribution in [1.29, 1.82) is 0 Å². The number of halogens is 2. The SMILES string of the molecule is CSCCCCCCn1c(CCl)nc2cc(F)c(C)cc21. The molecular weight excluding hydrogens is 307 g/mol. The van der Waals surface area contributed by atoms with Crippen molar-refractivity contribution in [3.8, 4) is 0 Å². The van der Waals surface area contributed by atoms with Crippen LogP contribution in [0.3, 0.4) is 0 Å². The number of fused-ring (bicyclic) bond motifs is 1. The van der Waals surface area contributed by atoms with Crippen LogP contribution in [0.15, 0.2) is 12.1 Å². The second kappa shape index (κ2) is 8.04. The first-order valence-corrected chi connectivity index (χ1v) is 9.30. The van der Waals surface area contributed by atoms with E-state index < -0.39 is 0 Å². The van der Waals surface area contributed by atoms with Gasteiger partial charge < -0.3 is 4.57 Å². The number of unbranched alkanes of at least 4 members (excludes halogenated alkanes) is 3. The Labute approximate surface area is 135 Å². The zero-order chi connectivity index (χ0) is 15.2. The topological polar surface area (TPSA) is 17.8 Å². The number of nitrogens with zero attached hydrogens (tertiary/aromatic N) is 2. The smallest absolute Gasteiger partial charge is 0.128 e. The van der Waals surface area contributed by atoms with E-state index in [2.05, 4.69) is 15.8 Å². The average molecular weight is 329 g/mol. The summed E-state index contributed by atoms with van der Waals surface area (Å²) in [5, 5.41) is 0. The Balaban J connectivity index is 2.08. The van der Waals surface area contributed by atoms with Gasteiger partial charge in [-0.25, -0.2) is 9.37 Å². The van der Waals surface area contributed by atoms with Crippen LogP contribution in [-0.4, -0.2) is 21.6 Å². The van der Waals surface area contributed by atoms with Crippen molar-refractivity contribution < 1.29 is 4.39 Å². The maximum absolute atomic E-state index is 13.6. The van der Waals surface area contributed by atoms with Crippen molar-refractivity contribution in [1.82, 2.24) is 9.55 Å². The summed E-state index contributed by atoms with van der Waals surface area (Å²) in [6.45, 7) is 2.69. The van der Waals surface area contributed by atoms with E-state index in [-0.39, 0.29) is 5.82 Å². The number of benzene rings is 1. The summed E-state index contributed by atoms with van der Waals surface area (Å²) in [6.07, 6.45) is 7.00. The zero-order valence-corrected chi connectivity index (χ0v) is 14.2. The highest BCUT2D eigenvalue weighted by molar-refractivity contribution is 7.98. The normalized spacial score (nSPS) is 11.4. The Morgan fingerprint density at radius 1 is 1.24 bits per heavy atom. The largest absolute Gasteiger partial charge is 0.327 e. The predicted molar refractivity (Wildman–Crippen MR) is 90.8 cm³/mol. The predicted octanol–water partition coefficient (Wildman–Crippen LogP) is 5.15. The molecule has 0 fully saturated rings. The van der Waals surface area contributed by atoms with Crippen LogP contribution >= 0.6 is 23.4 Å². The van der Waals surface area contributed by atoms with Gasteiger partial charge in [0, 0.05) is 12.6 Å². The fraction of sp³-hybridized carbons (Fsp3) is 0.562. The van der Waals surface area contributed by atoms with Gasteiger partial charge in [-0.2, -0.15) is 11.8 Å². The third kappa shape index (κ3) is 4.13. The molecule has 2 aromatic rings. The number of alkyl halides is 1. The standard InChI is InChI=1S/C16H22ClFN2S/c1-12-9-15-14(10-13(12)18)19-16(11-17)20(15)7-5-3-4-6-8-21-2/h9-10H,3-8,11H2,1-2H3. The monoisotopic (exact) mass is 328 g/mol. The van der Waals surface area contributed by atoms with Gasteiger partial charge in [-0.15, -0.1) is 11.6 Å². The van der Waals surface area contributed by atoms with Gasteiger partial charge in [-0.3, -0.25) is 0 Å². The maximum atomic E-state index is 13.6. The first-order valence-electron chi connectivity index (χ1n) is 7.37. The first kappa shape index (κ1) is 16.6. The van der Waals surface area contributed by atoms with Gasteiger partial charge in [0.05, 0.1) is 16.9 Å². The number of hydrogen-bond donors (Lipinski definition) is 0. The third-order valence-electron chi connectivity index (χ3n) is 3.71. The second-order valence-electron chi connectivity index (χ2n) is 5.31. The Morgan fingerprint density at radius 3 is 2.71 bits per heavy atom.